The molecule has 0 radical (unpaired) electrons. The van der Waals surface area contributed by atoms with Gasteiger partial charge in [-0.2, -0.15) is 5.10 Å². The Morgan fingerprint density at radius 2 is 2.00 bits per heavy atom. The molecule has 0 atom stereocenters. The Kier molecular flexibility index (Phi) is 4.43. The number of carbonyl (C=O) groups is 1. The average molecular weight is 365 g/mol. The van der Waals surface area contributed by atoms with E-state index in [2.05, 4.69) is 12.0 Å². The molecule has 0 fully saturated rings. The quantitative estimate of drug-likeness (QED) is 0.677. The van der Waals surface area contributed by atoms with Crippen LogP contribution in [0.4, 0.5) is 11.4 Å². The molecule has 1 aromatic carbocycles. The lowest BCUT2D eigenvalue weighted by molar-refractivity contribution is 0.0997. The third kappa shape index (κ3) is 2.89. The van der Waals surface area contributed by atoms with Crippen LogP contribution in [0.5, 0.6) is 5.75 Å². The van der Waals surface area contributed by atoms with Crippen LogP contribution >= 0.6 is 0 Å². The summed E-state index contributed by atoms with van der Waals surface area (Å²) >= 11 is 0. The van der Waals surface area contributed by atoms with Gasteiger partial charge in [-0.1, -0.05) is 19.8 Å². The van der Waals surface area contributed by atoms with Gasteiger partial charge in [0, 0.05) is 12.2 Å². The topological polar surface area (TPSA) is 86.3 Å². The fourth-order valence-electron chi connectivity index (χ4n) is 3.52. The van der Waals surface area contributed by atoms with Gasteiger partial charge in [-0.25, -0.2) is 9.67 Å². The van der Waals surface area contributed by atoms with Gasteiger partial charge in [-0.15, -0.1) is 0 Å². The van der Waals surface area contributed by atoms with Crippen molar-refractivity contribution in [1.82, 2.24) is 14.8 Å². The smallest absolute Gasteiger partial charge is 0.262 e. The Balaban J connectivity index is 1.69. The lowest BCUT2D eigenvalue weighted by Crippen LogP contribution is -2.23. The van der Waals surface area contributed by atoms with Crippen molar-refractivity contribution in [1.29, 1.82) is 0 Å². The maximum atomic E-state index is 13.0. The SMILES string of the molecule is CCCCCn1ncc2c(N)c3c(nc21)CN(c1ccc(OC)cc1)C3=O. The highest BCUT2D eigenvalue weighted by atomic mass is 16.5. The van der Waals surface area contributed by atoms with Crippen molar-refractivity contribution in [2.24, 2.45) is 0 Å². The van der Waals surface area contributed by atoms with Crippen LogP contribution in [-0.2, 0) is 13.1 Å². The number of nitrogens with two attached hydrogens (primary N) is 1. The molecule has 0 bridgehead atoms. The van der Waals surface area contributed by atoms with Gasteiger partial charge in [-0.3, -0.25) is 4.79 Å². The van der Waals surface area contributed by atoms with Crippen molar-refractivity contribution < 1.29 is 9.53 Å². The number of anilines is 2. The summed E-state index contributed by atoms with van der Waals surface area (Å²) in [6.45, 7) is 3.38. The molecule has 2 N–H and O–H groups in total. The molecule has 7 heteroatoms. The van der Waals surface area contributed by atoms with Gasteiger partial charge in [0.05, 0.1) is 42.2 Å². The zero-order valence-corrected chi connectivity index (χ0v) is 15.6. The van der Waals surface area contributed by atoms with Gasteiger partial charge in [-0.05, 0) is 30.7 Å². The van der Waals surface area contributed by atoms with Crippen LogP contribution in [0.25, 0.3) is 11.0 Å². The number of amides is 1. The van der Waals surface area contributed by atoms with Crippen LogP contribution in [0.15, 0.2) is 30.5 Å². The van der Waals surface area contributed by atoms with Crippen molar-refractivity contribution in [3.63, 3.8) is 0 Å². The Labute approximate surface area is 157 Å². The minimum Gasteiger partial charge on any atom is -0.497 e. The monoisotopic (exact) mass is 365 g/mol. The average Bonchev–Trinajstić information content (AvgIpc) is 3.24. The van der Waals surface area contributed by atoms with E-state index in [9.17, 15) is 4.79 Å². The lowest BCUT2D eigenvalue weighted by atomic mass is 10.1. The molecule has 4 rings (SSSR count). The highest BCUT2D eigenvalue weighted by Gasteiger charge is 2.33. The minimum atomic E-state index is -0.124. The summed E-state index contributed by atoms with van der Waals surface area (Å²) in [6.07, 6.45) is 5.05. The molecule has 27 heavy (non-hydrogen) atoms. The van der Waals surface area contributed by atoms with E-state index in [4.69, 9.17) is 15.5 Å². The number of hydrogen-bond donors (Lipinski definition) is 1. The van der Waals surface area contributed by atoms with Crippen LogP contribution in [0, 0.1) is 0 Å². The molecule has 1 amide bonds. The van der Waals surface area contributed by atoms with E-state index in [1.807, 2.05) is 28.9 Å². The molecule has 0 unspecified atom stereocenters. The Bertz CT molecular complexity index is 994. The summed E-state index contributed by atoms with van der Waals surface area (Å²) in [5, 5.41) is 5.17. The molecule has 7 nitrogen and oxygen atoms in total. The number of aryl methyl sites for hydroxylation is 1. The second-order valence-corrected chi connectivity index (χ2v) is 6.75. The number of nitrogen functional groups attached to an aromatic ring is 1. The zero-order chi connectivity index (χ0) is 19.0. The number of rotatable bonds is 6. The number of benzene rings is 1. The van der Waals surface area contributed by atoms with E-state index >= 15 is 0 Å². The number of ether oxygens (including phenoxy) is 1. The Morgan fingerprint density at radius 1 is 1.22 bits per heavy atom. The van der Waals surface area contributed by atoms with E-state index in [1.54, 1.807) is 18.2 Å². The molecule has 3 aromatic rings. The normalized spacial score (nSPS) is 13.4. The maximum absolute atomic E-state index is 13.0. The first kappa shape index (κ1) is 17.3. The van der Waals surface area contributed by atoms with Crippen LogP contribution in [0.3, 0.4) is 0 Å². The first-order valence-electron chi connectivity index (χ1n) is 9.23. The minimum absolute atomic E-state index is 0.124. The van der Waals surface area contributed by atoms with Crippen molar-refractivity contribution >= 4 is 28.3 Å². The van der Waals surface area contributed by atoms with Gasteiger partial charge in [0.25, 0.3) is 5.91 Å². The first-order chi connectivity index (χ1) is 13.1. The van der Waals surface area contributed by atoms with E-state index in [0.717, 1.165) is 48.3 Å². The molecule has 0 spiro atoms. The highest BCUT2D eigenvalue weighted by Crippen LogP contribution is 2.35. The number of unbranched alkanes of at least 4 members (excludes halogenated alkanes) is 2. The number of methoxy groups -OCH3 is 1. The van der Waals surface area contributed by atoms with Crippen molar-refractivity contribution in [2.45, 2.75) is 39.3 Å². The summed E-state index contributed by atoms with van der Waals surface area (Å²) in [6, 6.07) is 7.41. The van der Waals surface area contributed by atoms with Gasteiger partial charge in [0.15, 0.2) is 5.65 Å². The number of fused-ring (bicyclic) bond motifs is 2. The number of nitrogens with zero attached hydrogens (tertiary/aromatic N) is 4. The van der Waals surface area contributed by atoms with Crippen molar-refractivity contribution in [3.8, 4) is 5.75 Å². The van der Waals surface area contributed by atoms with E-state index in [1.165, 1.54) is 0 Å². The summed E-state index contributed by atoms with van der Waals surface area (Å²) in [5.41, 5.74) is 9.58. The third-order valence-electron chi connectivity index (χ3n) is 5.03. The molecule has 1 aliphatic heterocycles. The zero-order valence-electron chi connectivity index (χ0n) is 15.6. The van der Waals surface area contributed by atoms with E-state index in [0.29, 0.717) is 23.5 Å². The van der Waals surface area contributed by atoms with Crippen LogP contribution in [0.1, 0.15) is 42.2 Å². The molecular formula is C20H23N5O2. The number of hydrogen-bond acceptors (Lipinski definition) is 5. The van der Waals surface area contributed by atoms with E-state index < -0.39 is 0 Å². The molecule has 2 aromatic heterocycles. The molecular weight excluding hydrogens is 342 g/mol. The standard InChI is InChI=1S/C20H23N5O2/c1-3-4-5-10-25-19-15(11-22-25)18(21)17-16(23-19)12-24(20(17)26)13-6-8-14(27-2)9-7-13/h6-9,11H,3-5,10,12H2,1-2H3,(H2,21,23). The third-order valence-corrected chi connectivity index (χ3v) is 5.03. The summed E-state index contributed by atoms with van der Waals surface area (Å²) < 4.78 is 7.08. The molecule has 3 heterocycles. The van der Waals surface area contributed by atoms with E-state index in [-0.39, 0.29) is 5.91 Å². The lowest BCUT2D eigenvalue weighted by Gasteiger charge is -2.15. The summed E-state index contributed by atoms with van der Waals surface area (Å²) in [4.78, 5) is 19.4. The van der Waals surface area contributed by atoms with Crippen molar-refractivity contribution in [3.05, 3.63) is 41.7 Å². The van der Waals surface area contributed by atoms with Crippen LogP contribution in [-0.4, -0.2) is 27.8 Å². The second-order valence-electron chi connectivity index (χ2n) is 6.75. The maximum Gasteiger partial charge on any atom is 0.262 e. The number of aromatic nitrogens is 3. The predicted octanol–water partition coefficient (Wildman–Crippen LogP) is 3.37. The first-order valence-corrected chi connectivity index (χ1v) is 9.23. The molecule has 1 aliphatic rings. The van der Waals surface area contributed by atoms with Gasteiger partial charge >= 0.3 is 0 Å². The number of carbonyl (C=O) groups excluding carboxylic acids is 1. The Morgan fingerprint density at radius 3 is 2.70 bits per heavy atom. The second kappa shape index (κ2) is 6.90. The number of pyridine rings is 1. The summed E-state index contributed by atoms with van der Waals surface area (Å²) in [5.74, 6) is 0.624. The molecule has 0 saturated carbocycles. The summed E-state index contributed by atoms with van der Waals surface area (Å²) in [7, 11) is 1.62. The largest absolute Gasteiger partial charge is 0.497 e. The van der Waals surface area contributed by atoms with Crippen LogP contribution < -0.4 is 15.4 Å². The predicted molar refractivity (Wildman–Crippen MR) is 105 cm³/mol. The molecule has 140 valence electrons. The van der Waals surface area contributed by atoms with Crippen LogP contribution in [0.2, 0.25) is 0 Å². The van der Waals surface area contributed by atoms with Gasteiger partial charge in [0.2, 0.25) is 0 Å². The molecule has 0 saturated heterocycles. The highest BCUT2D eigenvalue weighted by molar-refractivity contribution is 6.16. The fourth-order valence-corrected chi connectivity index (χ4v) is 3.52. The fraction of sp³-hybridized carbons (Fsp3) is 0.350. The Hall–Kier alpha value is -3.09. The van der Waals surface area contributed by atoms with Gasteiger partial charge < -0.3 is 15.4 Å². The van der Waals surface area contributed by atoms with Gasteiger partial charge in [0.1, 0.15) is 5.75 Å². The molecule has 0 aliphatic carbocycles. The van der Waals surface area contributed by atoms with Crippen molar-refractivity contribution in [2.75, 3.05) is 17.7 Å².